The van der Waals surface area contributed by atoms with Crippen molar-refractivity contribution < 1.29 is 4.79 Å². The van der Waals surface area contributed by atoms with Crippen molar-refractivity contribution in [2.24, 2.45) is 13.0 Å². The van der Waals surface area contributed by atoms with Gasteiger partial charge in [0.1, 0.15) is 0 Å². The van der Waals surface area contributed by atoms with Crippen molar-refractivity contribution in [1.29, 1.82) is 0 Å². The Hall–Kier alpha value is -2.96. The average Bonchev–Trinajstić information content (AvgIpc) is 3.30. The van der Waals surface area contributed by atoms with Gasteiger partial charge in [0.05, 0.1) is 11.2 Å². The molecule has 1 aliphatic carbocycles. The van der Waals surface area contributed by atoms with E-state index in [1.165, 1.54) is 25.7 Å². The monoisotopic (exact) mass is 379 g/mol. The molecule has 0 bridgehead atoms. The van der Waals surface area contributed by atoms with Crippen LogP contribution < -0.4 is 10.9 Å². The molecule has 1 aromatic carbocycles. The van der Waals surface area contributed by atoms with E-state index in [0.29, 0.717) is 22.9 Å². The van der Waals surface area contributed by atoms with Crippen LogP contribution in [-0.2, 0) is 13.6 Å². The highest BCUT2D eigenvalue weighted by Crippen LogP contribution is 2.26. The topological polar surface area (TPSA) is 81.8 Å². The number of benzene rings is 1. The zero-order valence-electron chi connectivity index (χ0n) is 16.5. The van der Waals surface area contributed by atoms with Crippen LogP contribution in [-0.4, -0.2) is 25.5 Å². The van der Waals surface area contributed by atoms with E-state index in [4.69, 9.17) is 0 Å². The number of carbonyl (C=O) groups excluding carboxylic acids is 1. The lowest BCUT2D eigenvalue weighted by atomic mass is 10.1. The van der Waals surface area contributed by atoms with E-state index in [1.54, 1.807) is 24.6 Å². The zero-order chi connectivity index (χ0) is 19.8. The van der Waals surface area contributed by atoms with E-state index in [1.807, 2.05) is 29.8 Å². The number of pyridine rings is 1. The summed E-state index contributed by atoms with van der Waals surface area (Å²) in [6.45, 7) is 4.51. The molecule has 7 heteroatoms. The SMILES string of the molecule is Cc1cc2cc(NC(=O)c3nnn(CC4CCCC4)c3C)ccc2n(C)c1=O. The fourth-order valence-corrected chi connectivity index (χ4v) is 4.09. The minimum absolute atomic E-state index is 0.0150. The molecule has 0 atom stereocenters. The predicted octanol–water partition coefficient (Wildman–Crippen LogP) is 3.19. The van der Waals surface area contributed by atoms with Crippen molar-refractivity contribution in [3.63, 3.8) is 0 Å². The number of hydrogen-bond acceptors (Lipinski definition) is 4. The standard InChI is InChI=1S/C21H25N5O2/c1-13-10-16-11-17(8-9-18(16)25(3)21(13)28)22-20(27)19-14(2)26(24-23-19)12-15-6-4-5-7-15/h8-11,15H,4-7,12H2,1-3H3,(H,22,27). The Morgan fingerprint density at radius 3 is 2.71 bits per heavy atom. The van der Waals surface area contributed by atoms with Crippen LogP contribution in [0.4, 0.5) is 5.69 Å². The smallest absolute Gasteiger partial charge is 0.278 e. The lowest BCUT2D eigenvalue weighted by molar-refractivity contribution is 0.102. The predicted molar refractivity (Wildman–Crippen MR) is 109 cm³/mol. The Balaban J connectivity index is 1.56. The number of amides is 1. The molecule has 2 heterocycles. The van der Waals surface area contributed by atoms with Crippen molar-refractivity contribution in [2.75, 3.05) is 5.32 Å². The van der Waals surface area contributed by atoms with E-state index in [-0.39, 0.29) is 11.5 Å². The van der Waals surface area contributed by atoms with Crippen molar-refractivity contribution in [3.05, 3.63) is 51.6 Å². The van der Waals surface area contributed by atoms with Gasteiger partial charge in [0.15, 0.2) is 5.69 Å². The molecule has 146 valence electrons. The van der Waals surface area contributed by atoms with Crippen LogP contribution in [0.15, 0.2) is 29.1 Å². The molecule has 1 N–H and O–H groups in total. The molecule has 4 rings (SSSR count). The maximum absolute atomic E-state index is 12.7. The van der Waals surface area contributed by atoms with Gasteiger partial charge >= 0.3 is 0 Å². The summed E-state index contributed by atoms with van der Waals surface area (Å²) in [5, 5.41) is 12.1. The van der Waals surface area contributed by atoms with Crippen LogP contribution in [0.1, 0.15) is 47.4 Å². The summed E-state index contributed by atoms with van der Waals surface area (Å²) in [4.78, 5) is 24.8. The number of nitrogens with one attached hydrogen (secondary N) is 1. The first-order valence-corrected chi connectivity index (χ1v) is 9.76. The van der Waals surface area contributed by atoms with E-state index < -0.39 is 0 Å². The molecule has 2 aromatic heterocycles. The summed E-state index contributed by atoms with van der Waals surface area (Å²) in [6, 6.07) is 7.36. The molecule has 0 saturated heterocycles. The first-order valence-electron chi connectivity index (χ1n) is 9.76. The molecular formula is C21H25N5O2. The molecule has 7 nitrogen and oxygen atoms in total. The number of aromatic nitrogens is 4. The molecule has 0 spiro atoms. The Kier molecular flexibility index (Phi) is 4.75. The molecule has 1 saturated carbocycles. The summed E-state index contributed by atoms with van der Waals surface area (Å²) >= 11 is 0. The first-order chi connectivity index (χ1) is 13.4. The van der Waals surface area contributed by atoms with E-state index in [2.05, 4.69) is 15.6 Å². The van der Waals surface area contributed by atoms with Gasteiger partial charge in [0.25, 0.3) is 11.5 Å². The number of hydrogen-bond donors (Lipinski definition) is 1. The number of nitrogens with zero attached hydrogens (tertiary/aromatic N) is 4. The third-order valence-electron chi connectivity index (χ3n) is 5.76. The van der Waals surface area contributed by atoms with Crippen molar-refractivity contribution in [1.82, 2.24) is 19.6 Å². The summed E-state index contributed by atoms with van der Waals surface area (Å²) in [6.07, 6.45) is 5.00. The Labute approximate surface area is 163 Å². The van der Waals surface area contributed by atoms with Gasteiger partial charge in [0, 0.05) is 30.2 Å². The zero-order valence-corrected chi connectivity index (χ0v) is 16.5. The second-order valence-electron chi connectivity index (χ2n) is 7.78. The first kappa shape index (κ1) is 18.4. The van der Waals surface area contributed by atoms with Crippen LogP contribution in [0.2, 0.25) is 0 Å². The number of aryl methyl sites for hydroxylation is 2. The molecule has 0 radical (unpaired) electrons. The third kappa shape index (κ3) is 3.32. The Morgan fingerprint density at radius 1 is 1.21 bits per heavy atom. The summed E-state index contributed by atoms with van der Waals surface area (Å²) in [7, 11) is 1.75. The molecule has 3 aromatic rings. The second kappa shape index (κ2) is 7.22. The highest BCUT2D eigenvalue weighted by Gasteiger charge is 2.21. The van der Waals surface area contributed by atoms with Crippen LogP contribution in [0.5, 0.6) is 0 Å². The van der Waals surface area contributed by atoms with E-state index in [9.17, 15) is 9.59 Å². The van der Waals surface area contributed by atoms with Crippen LogP contribution in [0, 0.1) is 19.8 Å². The minimum Gasteiger partial charge on any atom is -0.321 e. The highest BCUT2D eigenvalue weighted by molar-refractivity contribution is 6.04. The van der Waals surface area contributed by atoms with Crippen molar-refractivity contribution >= 4 is 22.5 Å². The number of fused-ring (bicyclic) bond motifs is 1. The lowest BCUT2D eigenvalue weighted by Crippen LogP contribution is -2.19. The summed E-state index contributed by atoms with van der Waals surface area (Å²) in [5.74, 6) is 0.364. The average molecular weight is 379 g/mol. The van der Waals surface area contributed by atoms with E-state index >= 15 is 0 Å². The van der Waals surface area contributed by atoms with Gasteiger partial charge in [0.2, 0.25) is 0 Å². The van der Waals surface area contributed by atoms with Crippen LogP contribution >= 0.6 is 0 Å². The molecule has 0 aliphatic heterocycles. The number of anilines is 1. The van der Waals surface area contributed by atoms with Gasteiger partial charge in [-0.15, -0.1) is 5.10 Å². The maximum Gasteiger partial charge on any atom is 0.278 e. The molecule has 28 heavy (non-hydrogen) atoms. The van der Waals surface area contributed by atoms with Gasteiger partial charge < -0.3 is 9.88 Å². The van der Waals surface area contributed by atoms with Gasteiger partial charge in [-0.25, -0.2) is 4.68 Å². The maximum atomic E-state index is 12.7. The van der Waals surface area contributed by atoms with Gasteiger partial charge in [-0.2, -0.15) is 0 Å². The third-order valence-corrected chi connectivity index (χ3v) is 5.76. The lowest BCUT2D eigenvalue weighted by Gasteiger charge is -2.10. The molecular weight excluding hydrogens is 354 g/mol. The second-order valence-corrected chi connectivity index (χ2v) is 7.78. The van der Waals surface area contributed by atoms with Crippen molar-refractivity contribution in [3.8, 4) is 0 Å². The van der Waals surface area contributed by atoms with Crippen LogP contribution in [0.3, 0.4) is 0 Å². The molecule has 1 aliphatic rings. The molecule has 0 unspecified atom stereocenters. The van der Waals surface area contributed by atoms with Crippen LogP contribution in [0.25, 0.3) is 10.9 Å². The highest BCUT2D eigenvalue weighted by atomic mass is 16.2. The Bertz CT molecular complexity index is 1110. The summed E-state index contributed by atoms with van der Waals surface area (Å²) < 4.78 is 3.47. The van der Waals surface area contributed by atoms with Gasteiger partial charge in [-0.05, 0) is 56.9 Å². The minimum atomic E-state index is -0.268. The Morgan fingerprint density at radius 2 is 1.96 bits per heavy atom. The molecule has 1 fully saturated rings. The fourth-order valence-electron chi connectivity index (χ4n) is 4.09. The normalized spacial score (nSPS) is 14.7. The van der Waals surface area contributed by atoms with Crippen molar-refractivity contribution in [2.45, 2.75) is 46.1 Å². The van der Waals surface area contributed by atoms with E-state index in [0.717, 1.165) is 23.1 Å². The largest absolute Gasteiger partial charge is 0.321 e. The molecule has 1 amide bonds. The summed E-state index contributed by atoms with van der Waals surface area (Å²) in [5.41, 5.74) is 3.30. The number of rotatable bonds is 4. The van der Waals surface area contributed by atoms with Gasteiger partial charge in [-0.1, -0.05) is 18.1 Å². The fraction of sp³-hybridized carbons (Fsp3) is 0.429. The quantitative estimate of drug-likeness (QED) is 0.755. The van der Waals surface area contributed by atoms with Gasteiger partial charge in [-0.3, -0.25) is 9.59 Å². The number of carbonyl (C=O) groups is 1.